The van der Waals surface area contributed by atoms with Crippen LogP contribution in [0.25, 0.3) is 0 Å². The van der Waals surface area contributed by atoms with Crippen molar-refractivity contribution in [2.75, 3.05) is 11.1 Å². The minimum absolute atomic E-state index is 0.357. The summed E-state index contributed by atoms with van der Waals surface area (Å²) in [7, 11) is 0. The standard InChI is InChI=1S/C13H9Cl4N3/c14-7-1-8(15)3-10(2-7)19-6-20-12-5-9(16)4-11(17)13(12)18/h1-6H,18H2,(H,19,20). The lowest BCUT2D eigenvalue weighted by molar-refractivity contribution is 1.52. The smallest absolute Gasteiger partial charge is 0.0931 e. The zero-order chi connectivity index (χ0) is 14.7. The van der Waals surface area contributed by atoms with E-state index in [1.807, 2.05) is 0 Å². The Morgan fingerprint density at radius 2 is 1.50 bits per heavy atom. The lowest BCUT2D eigenvalue weighted by Gasteiger charge is -2.05. The minimum atomic E-state index is 0.357. The Balaban J connectivity index is 2.18. The lowest BCUT2D eigenvalue weighted by Crippen LogP contribution is -1.95. The molecule has 0 spiro atoms. The number of nitrogen functional groups attached to an aromatic ring is 1. The van der Waals surface area contributed by atoms with Crippen molar-refractivity contribution in [3.8, 4) is 0 Å². The fourth-order valence-corrected chi connectivity index (χ4v) is 2.50. The van der Waals surface area contributed by atoms with E-state index in [-0.39, 0.29) is 0 Å². The normalized spacial score (nSPS) is 11.0. The van der Waals surface area contributed by atoms with E-state index in [0.717, 1.165) is 0 Å². The highest BCUT2D eigenvalue weighted by Gasteiger charge is 2.04. The first-order valence-corrected chi connectivity index (χ1v) is 6.96. The molecule has 0 aliphatic rings. The number of nitrogens with one attached hydrogen (secondary N) is 1. The van der Waals surface area contributed by atoms with Crippen LogP contribution in [0, 0.1) is 0 Å². The number of hydrogen-bond donors (Lipinski definition) is 2. The van der Waals surface area contributed by atoms with Gasteiger partial charge in [-0.2, -0.15) is 0 Å². The van der Waals surface area contributed by atoms with Crippen molar-refractivity contribution in [1.29, 1.82) is 0 Å². The summed E-state index contributed by atoms with van der Waals surface area (Å²) in [6.45, 7) is 0. The Morgan fingerprint density at radius 1 is 0.900 bits per heavy atom. The first-order chi connectivity index (χ1) is 9.45. The van der Waals surface area contributed by atoms with Crippen molar-refractivity contribution >= 4 is 69.8 Å². The predicted octanol–water partition coefficient (Wildman–Crippen LogP) is 5.65. The van der Waals surface area contributed by atoms with E-state index in [4.69, 9.17) is 52.1 Å². The fourth-order valence-electron chi connectivity index (χ4n) is 1.49. The fraction of sp³-hybridized carbons (Fsp3) is 0. The minimum Gasteiger partial charge on any atom is -0.396 e. The second-order valence-electron chi connectivity index (χ2n) is 3.88. The molecule has 3 N–H and O–H groups in total. The molecule has 0 aromatic heterocycles. The summed E-state index contributed by atoms with van der Waals surface area (Å²) >= 11 is 23.6. The summed E-state index contributed by atoms with van der Waals surface area (Å²) in [6, 6.07) is 8.25. The number of halogens is 4. The van der Waals surface area contributed by atoms with Gasteiger partial charge in [0.05, 0.1) is 22.7 Å². The molecule has 2 aromatic carbocycles. The van der Waals surface area contributed by atoms with E-state index >= 15 is 0 Å². The van der Waals surface area contributed by atoms with Crippen molar-refractivity contribution in [3.05, 3.63) is 50.4 Å². The lowest BCUT2D eigenvalue weighted by atomic mass is 10.3. The molecule has 0 bridgehead atoms. The molecular weight excluding hydrogens is 340 g/mol. The number of rotatable bonds is 3. The van der Waals surface area contributed by atoms with Crippen LogP contribution in [0.4, 0.5) is 17.1 Å². The predicted molar refractivity (Wildman–Crippen MR) is 89.1 cm³/mol. The molecule has 0 fully saturated rings. The van der Waals surface area contributed by atoms with Gasteiger partial charge < -0.3 is 11.1 Å². The zero-order valence-corrected chi connectivity index (χ0v) is 13.0. The number of nitrogens with two attached hydrogens (primary N) is 1. The van der Waals surface area contributed by atoms with Gasteiger partial charge in [-0.15, -0.1) is 0 Å². The quantitative estimate of drug-likeness (QED) is 0.427. The molecule has 0 radical (unpaired) electrons. The Hall–Kier alpha value is -1.13. The van der Waals surface area contributed by atoms with E-state index in [0.29, 0.717) is 37.2 Å². The Kier molecular flexibility index (Phi) is 5.00. The first-order valence-electron chi connectivity index (χ1n) is 5.45. The van der Waals surface area contributed by atoms with Crippen molar-refractivity contribution < 1.29 is 0 Å². The maximum absolute atomic E-state index is 5.92. The van der Waals surface area contributed by atoms with Crippen LogP contribution >= 0.6 is 46.4 Å². The molecule has 2 aromatic rings. The third kappa shape index (κ3) is 3.93. The van der Waals surface area contributed by atoms with Crippen LogP contribution in [0.3, 0.4) is 0 Å². The van der Waals surface area contributed by atoms with Gasteiger partial charge in [-0.3, -0.25) is 0 Å². The number of aliphatic imine (C=N–C) groups is 1. The molecule has 0 aliphatic heterocycles. The van der Waals surface area contributed by atoms with Gasteiger partial charge in [-0.25, -0.2) is 4.99 Å². The molecule has 0 saturated carbocycles. The summed E-state index contributed by atoms with van der Waals surface area (Å²) in [6.07, 6.45) is 1.46. The highest BCUT2D eigenvalue weighted by Crippen LogP contribution is 2.33. The zero-order valence-electron chi connectivity index (χ0n) is 10.0. The van der Waals surface area contributed by atoms with Gasteiger partial charge in [0.25, 0.3) is 0 Å². The van der Waals surface area contributed by atoms with Gasteiger partial charge in [-0.1, -0.05) is 46.4 Å². The molecule has 104 valence electrons. The van der Waals surface area contributed by atoms with Crippen molar-refractivity contribution in [3.63, 3.8) is 0 Å². The van der Waals surface area contributed by atoms with Crippen molar-refractivity contribution in [2.45, 2.75) is 0 Å². The molecule has 0 amide bonds. The second kappa shape index (κ2) is 6.55. The monoisotopic (exact) mass is 347 g/mol. The van der Waals surface area contributed by atoms with Gasteiger partial charge in [0.15, 0.2) is 0 Å². The maximum atomic E-state index is 5.92. The largest absolute Gasteiger partial charge is 0.396 e. The van der Waals surface area contributed by atoms with Crippen molar-refractivity contribution in [1.82, 2.24) is 0 Å². The highest BCUT2D eigenvalue weighted by atomic mass is 35.5. The Bertz CT molecular complexity index is 651. The van der Waals surface area contributed by atoms with E-state index in [2.05, 4.69) is 10.3 Å². The van der Waals surface area contributed by atoms with E-state index in [9.17, 15) is 0 Å². The molecule has 20 heavy (non-hydrogen) atoms. The average Bonchev–Trinajstić information content (AvgIpc) is 2.34. The summed E-state index contributed by atoms with van der Waals surface area (Å²) in [5.41, 5.74) is 7.35. The summed E-state index contributed by atoms with van der Waals surface area (Å²) in [5.74, 6) is 0. The highest BCUT2D eigenvalue weighted by molar-refractivity contribution is 6.37. The van der Waals surface area contributed by atoms with Gasteiger partial charge in [0, 0.05) is 20.8 Å². The summed E-state index contributed by atoms with van der Waals surface area (Å²) in [4.78, 5) is 4.17. The molecule has 2 rings (SSSR count). The van der Waals surface area contributed by atoms with Gasteiger partial charge >= 0.3 is 0 Å². The SMILES string of the molecule is Nc1c(Cl)cc(Cl)cc1N=CNc1cc(Cl)cc(Cl)c1. The molecular formula is C13H9Cl4N3. The number of nitrogens with zero attached hydrogens (tertiary/aromatic N) is 1. The molecule has 0 aliphatic carbocycles. The summed E-state index contributed by atoms with van der Waals surface area (Å²) < 4.78 is 0. The van der Waals surface area contributed by atoms with Crippen molar-refractivity contribution in [2.24, 2.45) is 4.99 Å². The number of hydrogen-bond acceptors (Lipinski definition) is 2. The number of benzene rings is 2. The average molecular weight is 349 g/mol. The van der Waals surface area contributed by atoms with Gasteiger partial charge in [-0.05, 0) is 30.3 Å². The molecule has 3 nitrogen and oxygen atoms in total. The first kappa shape index (κ1) is 15.3. The van der Waals surface area contributed by atoms with E-state index in [1.54, 1.807) is 30.3 Å². The molecule has 0 atom stereocenters. The van der Waals surface area contributed by atoms with Crippen LogP contribution in [-0.4, -0.2) is 6.34 Å². The third-order valence-corrected chi connectivity index (χ3v) is 3.34. The van der Waals surface area contributed by atoms with Crippen LogP contribution in [0.5, 0.6) is 0 Å². The maximum Gasteiger partial charge on any atom is 0.0931 e. The molecule has 0 unspecified atom stereocenters. The second-order valence-corrected chi connectivity index (χ2v) is 5.60. The topological polar surface area (TPSA) is 50.4 Å². The number of anilines is 2. The van der Waals surface area contributed by atoms with Crippen LogP contribution in [-0.2, 0) is 0 Å². The summed E-state index contributed by atoms with van der Waals surface area (Å²) in [5, 5.41) is 4.81. The van der Waals surface area contributed by atoms with Crippen LogP contribution in [0.2, 0.25) is 20.1 Å². The van der Waals surface area contributed by atoms with Crippen LogP contribution in [0.1, 0.15) is 0 Å². The van der Waals surface area contributed by atoms with Crippen LogP contribution in [0.15, 0.2) is 35.3 Å². The molecule has 7 heteroatoms. The molecule has 0 heterocycles. The van der Waals surface area contributed by atoms with E-state index < -0.39 is 0 Å². The third-order valence-electron chi connectivity index (χ3n) is 2.37. The van der Waals surface area contributed by atoms with Crippen LogP contribution < -0.4 is 11.1 Å². The van der Waals surface area contributed by atoms with Gasteiger partial charge in [0.1, 0.15) is 0 Å². The Labute approximate surface area is 136 Å². The van der Waals surface area contributed by atoms with E-state index in [1.165, 1.54) is 6.34 Å². The van der Waals surface area contributed by atoms with Gasteiger partial charge in [0.2, 0.25) is 0 Å². The molecule has 0 saturated heterocycles. The Morgan fingerprint density at radius 3 is 2.15 bits per heavy atom.